The first-order valence-corrected chi connectivity index (χ1v) is 13.1. The Morgan fingerprint density at radius 3 is 2.17 bits per heavy atom. The molecule has 2 aliphatic rings. The third-order valence-corrected chi connectivity index (χ3v) is 7.19. The molecule has 0 spiro atoms. The second-order valence-corrected chi connectivity index (χ2v) is 9.43. The summed E-state index contributed by atoms with van der Waals surface area (Å²) in [6.45, 7) is 4.41. The number of hydrogen-bond acceptors (Lipinski definition) is 8. The number of carbonyl (C=O) groups excluding carboxylic acids is 3. The van der Waals surface area contributed by atoms with Crippen molar-refractivity contribution in [3.8, 4) is 17.2 Å². The quantitative estimate of drug-likeness (QED) is 0.473. The summed E-state index contributed by atoms with van der Waals surface area (Å²) in [6.07, 6.45) is 0. The van der Waals surface area contributed by atoms with E-state index in [0.29, 0.717) is 72.4 Å². The number of hydrogen-bond donors (Lipinski definition) is 1. The number of likely N-dealkylation sites (N-methyl/N-ethyl adjacent to an activating group) is 1. The summed E-state index contributed by atoms with van der Waals surface area (Å²) in [5, 5.41) is 2.93. The second-order valence-electron chi connectivity index (χ2n) is 9.43. The molecule has 0 saturated carbocycles. The van der Waals surface area contributed by atoms with Gasteiger partial charge in [0.25, 0.3) is 5.91 Å². The lowest BCUT2D eigenvalue weighted by Gasteiger charge is -2.39. The van der Waals surface area contributed by atoms with Gasteiger partial charge in [-0.1, -0.05) is 0 Å². The summed E-state index contributed by atoms with van der Waals surface area (Å²) >= 11 is 0. The topological polar surface area (TPSA) is 110 Å². The molecule has 2 aromatic rings. The van der Waals surface area contributed by atoms with Crippen LogP contribution in [0.4, 0.5) is 4.79 Å². The minimum absolute atomic E-state index is 0.0481. The van der Waals surface area contributed by atoms with Gasteiger partial charge in [-0.3, -0.25) is 14.6 Å². The van der Waals surface area contributed by atoms with Crippen LogP contribution in [-0.2, 0) is 9.53 Å². The molecule has 1 fully saturated rings. The van der Waals surface area contributed by atoms with Crippen LogP contribution < -0.4 is 19.5 Å². The Morgan fingerprint density at radius 1 is 0.925 bits per heavy atom. The molecule has 2 aromatic carbocycles. The van der Waals surface area contributed by atoms with Crippen LogP contribution in [0.1, 0.15) is 28.9 Å². The summed E-state index contributed by atoms with van der Waals surface area (Å²) < 4.78 is 21.6. The largest absolute Gasteiger partial charge is 0.497 e. The fourth-order valence-electron chi connectivity index (χ4n) is 4.93. The van der Waals surface area contributed by atoms with Crippen molar-refractivity contribution in [2.24, 2.45) is 0 Å². The van der Waals surface area contributed by atoms with Gasteiger partial charge in [-0.25, -0.2) is 9.59 Å². The summed E-state index contributed by atoms with van der Waals surface area (Å²) in [4.78, 5) is 44.9. The Morgan fingerprint density at radius 2 is 1.57 bits per heavy atom. The van der Waals surface area contributed by atoms with Crippen LogP contribution in [0.3, 0.4) is 0 Å². The predicted octanol–water partition coefficient (Wildman–Crippen LogP) is 2.68. The van der Waals surface area contributed by atoms with Gasteiger partial charge in [-0.2, -0.15) is 0 Å². The predicted molar refractivity (Wildman–Crippen MR) is 148 cm³/mol. The minimum Gasteiger partial charge on any atom is -0.497 e. The Balaban J connectivity index is 1.60. The van der Waals surface area contributed by atoms with Gasteiger partial charge < -0.3 is 29.2 Å². The van der Waals surface area contributed by atoms with Crippen LogP contribution >= 0.6 is 0 Å². The number of ether oxygens (including phenoxy) is 4. The van der Waals surface area contributed by atoms with E-state index >= 15 is 0 Å². The Labute approximate surface area is 234 Å². The lowest BCUT2D eigenvalue weighted by molar-refractivity contribution is -0.139. The standard InChI is InChI=1S/C29H36N4O7/c1-6-40-28(35)25-23(31(2)29(36)30-26(25)22-17-21(38-4)11-12-24(22)39-5)18-32-13-15-33(16-14-32)27(34)19-7-9-20(37-3)10-8-19/h7-12,17,26H,6,13-16,18H2,1-5H3,(H,30,36). The lowest BCUT2D eigenvalue weighted by atomic mass is 9.93. The SMILES string of the molecule is CCOC(=O)C1=C(CN2CCN(C(=O)c3ccc(OC)cc3)CC2)N(C)C(=O)NC1c1cc(OC)ccc1OC. The fraction of sp³-hybridized carbons (Fsp3) is 0.414. The van der Waals surface area contributed by atoms with E-state index in [1.54, 1.807) is 75.6 Å². The van der Waals surface area contributed by atoms with Crippen LogP contribution in [0.2, 0.25) is 0 Å². The van der Waals surface area contributed by atoms with Crippen LogP contribution in [0.5, 0.6) is 17.2 Å². The van der Waals surface area contributed by atoms with Gasteiger partial charge in [-0.15, -0.1) is 0 Å². The number of esters is 1. The molecule has 0 aliphatic carbocycles. The molecular formula is C29H36N4O7. The van der Waals surface area contributed by atoms with E-state index in [4.69, 9.17) is 18.9 Å². The molecule has 0 radical (unpaired) electrons. The molecule has 11 nitrogen and oxygen atoms in total. The van der Waals surface area contributed by atoms with E-state index in [9.17, 15) is 14.4 Å². The highest BCUT2D eigenvalue weighted by Crippen LogP contribution is 2.38. The van der Waals surface area contributed by atoms with E-state index in [-0.39, 0.29) is 18.5 Å². The first-order valence-electron chi connectivity index (χ1n) is 13.1. The average Bonchev–Trinajstić information content (AvgIpc) is 2.99. The smallest absolute Gasteiger partial charge is 0.338 e. The van der Waals surface area contributed by atoms with Crippen LogP contribution in [0.15, 0.2) is 53.7 Å². The van der Waals surface area contributed by atoms with Crippen molar-refractivity contribution in [1.82, 2.24) is 20.0 Å². The highest BCUT2D eigenvalue weighted by atomic mass is 16.5. The minimum atomic E-state index is -0.805. The van der Waals surface area contributed by atoms with Crippen molar-refractivity contribution in [2.45, 2.75) is 13.0 Å². The molecule has 11 heteroatoms. The summed E-state index contributed by atoms with van der Waals surface area (Å²) in [5.41, 5.74) is 2.04. The zero-order valence-electron chi connectivity index (χ0n) is 23.6. The van der Waals surface area contributed by atoms with E-state index < -0.39 is 12.0 Å². The van der Waals surface area contributed by atoms with Crippen LogP contribution in [0.25, 0.3) is 0 Å². The summed E-state index contributed by atoms with van der Waals surface area (Å²) in [7, 11) is 6.29. The number of nitrogens with one attached hydrogen (secondary N) is 1. The third kappa shape index (κ3) is 5.99. The summed E-state index contributed by atoms with van der Waals surface area (Å²) in [5.74, 6) is 1.19. The Bertz CT molecular complexity index is 1270. The average molecular weight is 553 g/mol. The molecule has 3 amide bonds. The highest BCUT2D eigenvalue weighted by Gasteiger charge is 2.39. The van der Waals surface area contributed by atoms with Crippen molar-refractivity contribution >= 4 is 17.9 Å². The molecule has 1 N–H and O–H groups in total. The van der Waals surface area contributed by atoms with Gasteiger partial charge in [-0.05, 0) is 49.4 Å². The monoisotopic (exact) mass is 552 g/mol. The molecular weight excluding hydrogens is 516 g/mol. The number of carbonyl (C=O) groups is 3. The van der Waals surface area contributed by atoms with E-state index in [1.807, 2.05) is 0 Å². The molecule has 2 heterocycles. The van der Waals surface area contributed by atoms with Gasteiger partial charge in [0.2, 0.25) is 0 Å². The second kappa shape index (κ2) is 12.7. The maximum absolute atomic E-state index is 13.4. The molecule has 1 unspecified atom stereocenters. The van der Waals surface area contributed by atoms with Gasteiger partial charge in [0.15, 0.2) is 0 Å². The highest BCUT2D eigenvalue weighted by molar-refractivity contribution is 5.96. The van der Waals surface area contributed by atoms with E-state index in [1.165, 1.54) is 12.0 Å². The normalized spacial score (nSPS) is 17.8. The number of urea groups is 1. The van der Waals surface area contributed by atoms with Crippen molar-refractivity contribution in [2.75, 3.05) is 67.7 Å². The van der Waals surface area contributed by atoms with Gasteiger partial charge in [0.05, 0.1) is 39.6 Å². The van der Waals surface area contributed by atoms with Crippen molar-refractivity contribution in [1.29, 1.82) is 0 Å². The van der Waals surface area contributed by atoms with Crippen molar-refractivity contribution < 1.29 is 33.3 Å². The molecule has 1 saturated heterocycles. The maximum Gasteiger partial charge on any atom is 0.338 e. The van der Waals surface area contributed by atoms with Gasteiger partial charge in [0, 0.05) is 56.6 Å². The van der Waals surface area contributed by atoms with Crippen molar-refractivity contribution in [3.05, 3.63) is 64.9 Å². The van der Waals surface area contributed by atoms with Gasteiger partial charge in [0.1, 0.15) is 17.2 Å². The number of piperazine rings is 1. The first kappa shape index (κ1) is 28.8. The molecule has 0 bridgehead atoms. The molecule has 40 heavy (non-hydrogen) atoms. The van der Waals surface area contributed by atoms with Crippen molar-refractivity contribution in [3.63, 3.8) is 0 Å². The number of benzene rings is 2. The summed E-state index contributed by atoms with van der Waals surface area (Å²) in [6, 6.07) is 11.1. The fourth-order valence-corrected chi connectivity index (χ4v) is 4.93. The molecule has 2 aliphatic heterocycles. The Kier molecular flexibility index (Phi) is 9.15. The number of methoxy groups -OCH3 is 3. The van der Waals surface area contributed by atoms with E-state index in [0.717, 1.165) is 0 Å². The number of rotatable bonds is 9. The molecule has 0 aromatic heterocycles. The zero-order valence-corrected chi connectivity index (χ0v) is 23.6. The molecule has 1 atom stereocenters. The lowest BCUT2D eigenvalue weighted by Crippen LogP contribution is -2.53. The maximum atomic E-state index is 13.4. The molecule has 214 valence electrons. The van der Waals surface area contributed by atoms with Crippen LogP contribution in [0, 0.1) is 0 Å². The first-order chi connectivity index (χ1) is 19.3. The van der Waals surface area contributed by atoms with E-state index in [2.05, 4.69) is 10.2 Å². The third-order valence-electron chi connectivity index (χ3n) is 7.19. The molecule has 4 rings (SSSR count). The number of nitrogens with zero attached hydrogens (tertiary/aromatic N) is 3. The zero-order chi connectivity index (χ0) is 28.8. The van der Waals surface area contributed by atoms with Crippen LogP contribution in [-0.4, -0.2) is 100 Å². The number of amides is 3. The van der Waals surface area contributed by atoms with Gasteiger partial charge >= 0.3 is 12.0 Å². The Hall–Kier alpha value is -4.25.